The SMILES string of the molecule is CC(C)CN1CC(C(=O)N2CC(NC3COC3)C2)CC1=O. The molecule has 1 N–H and O–H groups in total. The number of likely N-dealkylation sites (tertiary alicyclic amines) is 2. The number of ether oxygens (including phenoxy) is 1. The Balaban J connectivity index is 1.43. The molecular formula is C15H25N3O3. The van der Waals surface area contributed by atoms with Gasteiger partial charge in [-0.15, -0.1) is 0 Å². The molecule has 0 aliphatic carbocycles. The summed E-state index contributed by atoms with van der Waals surface area (Å²) in [6.45, 7) is 8.65. The predicted molar refractivity (Wildman–Crippen MR) is 77.6 cm³/mol. The normalized spacial score (nSPS) is 27.2. The third kappa shape index (κ3) is 3.21. The molecule has 3 saturated heterocycles. The molecule has 118 valence electrons. The van der Waals surface area contributed by atoms with Gasteiger partial charge in [0.05, 0.1) is 25.2 Å². The van der Waals surface area contributed by atoms with Gasteiger partial charge in [-0.25, -0.2) is 0 Å². The summed E-state index contributed by atoms with van der Waals surface area (Å²) in [5.41, 5.74) is 0. The minimum Gasteiger partial charge on any atom is -0.378 e. The van der Waals surface area contributed by atoms with Gasteiger partial charge in [0.2, 0.25) is 11.8 Å². The van der Waals surface area contributed by atoms with E-state index in [0.29, 0.717) is 31.0 Å². The molecule has 1 atom stereocenters. The lowest BCUT2D eigenvalue weighted by Gasteiger charge is -2.44. The average Bonchev–Trinajstić information content (AvgIpc) is 2.65. The molecule has 1 unspecified atom stereocenters. The molecule has 0 spiro atoms. The maximum Gasteiger partial charge on any atom is 0.228 e. The molecule has 3 fully saturated rings. The topological polar surface area (TPSA) is 61.9 Å². The second kappa shape index (κ2) is 5.93. The standard InChI is InChI=1S/C15H25N3O3/c1-10(2)4-17-5-11(3-14(17)19)15(20)18-6-12(7-18)16-13-8-21-9-13/h10-13,16H,3-9H2,1-2H3. The van der Waals surface area contributed by atoms with Gasteiger partial charge in [0, 0.05) is 38.6 Å². The van der Waals surface area contributed by atoms with Crippen LogP contribution in [0, 0.1) is 11.8 Å². The zero-order valence-corrected chi connectivity index (χ0v) is 12.9. The largest absolute Gasteiger partial charge is 0.378 e. The van der Waals surface area contributed by atoms with Crippen molar-refractivity contribution in [3.8, 4) is 0 Å². The lowest BCUT2D eigenvalue weighted by Crippen LogP contribution is -2.65. The predicted octanol–water partition coefficient (Wildman–Crippen LogP) is -0.310. The van der Waals surface area contributed by atoms with E-state index in [0.717, 1.165) is 32.8 Å². The van der Waals surface area contributed by atoms with Crippen molar-refractivity contribution in [3.05, 3.63) is 0 Å². The highest BCUT2D eigenvalue weighted by molar-refractivity contribution is 5.89. The van der Waals surface area contributed by atoms with Crippen LogP contribution in [0.25, 0.3) is 0 Å². The lowest BCUT2D eigenvalue weighted by molar-refractivity contribution is -0.141. The van der Waals surface area contributed by atoms with E-state index in [9.17, 15) is 9.59 Å². The van der Waals surface area contributed by atoms with E-state index in [-0.39, 0.29) is 17.7 Å². The number of carbonyl (C=O) groups excluding carboxylic acids is 2. The van der Waals surface area contributed by atoms with Gasteiger partial charge >= 0.3 is 0 Å². The number of hydrogen-bond donors (Lipinski definition) is 1. The van der Waals surface area contributed by atoms with Crippen molar-refractivity contribution in [1.82, 2.24) is 15.1 Å². The van der Waals surface area contributed by atoms with Gasteiger partial charge in [-0.1, -0.05) is 13.8 Å². The monoisotopic (exact) mass is 295 g/mol. The van der Waals surface area contributed by atoms with Crippen LogP contribution in [-0.2, 0) is 14.3 Å². The van der Waals surface area contributed by atoms with Crippen LogP contribution in [0.5, 0.6) is 0 Å². The molecule has 3 aliphatic rings. The van der Waals surface area contributed by atoms with E-state index in [1.165, 1.54) is 0 Å². The van der Waals surface area contributed by atoms with E-state index in [4.69, 9.17) is 4.74 Å². The highest BCUT2D eigenvalue weighted by Gasteiger charge is 2.41. The summed E-state index contributed by atoms with van der Waals surface area (Å²) in [6, 6.07) is 0.855. The second-order valence-electron chi connectivity index (χ2n) is 6.93. The van der Waals surface area contributed by atoms with Crippen molar-refractivity contribution < 1.29 is 14.3 Å². The van der Waals surface area contributed by atoms with Gasteiger partial charge < -0.3 is 19.9 Å². The van der Waals surface area contributed by atoms with Gasteiger partial charge in [0.25, 0.3) is 0 Å². The second-order valence-corrected chi connectivity index (χ2v) is 6.93. The number of carbonyl (C=O) groups is 2. The highest BCUT2D eigenvalue weighted by Crippen LogP contribution is 2.23. The molecule has 0 aromatic rings. The first kappa shape index (κ1) is 14.8. The molecule has 3 aliphatic heterocycles. The lowest BCUT2D eigenvalue weighted by atomic mass is 10.0. The molecule has 21 heavy (non-hydrogen) atoms. The fraction of sp³-hybridized carbons (Fsp3) is 0.867. The molecule has 0 saturated carbocycles. The fourth-order valence-electron chi connectivity index (χ4n) is 3.24. The van der Waals surface area contributed by atoms with Crippen LogP contribution in [0.15, 0.2) is 0 Å². The zero-order chi connectivity index (χ0) is 15.0. The Kier molecular flexibility index (Phi) is 4.17. The van der Waals surface area contributed by atoms with E-state index in [1.54, 1.807) is 0 Å². The quantitative estimate of drug-likeness (QED) is 0.756. The summed E-state index contributed by atoms with van der Waals surface area (Å²) in [6.07, 6.45) is 0.386. The Morgan fingerprint density at radius 3 is 2.57 bits per heavy atom. The fourth-order valence-corrected chi connectivity index (χ4v) is 3.24. The molecular weight excluding hydrogens is 270 g/mol. The first-order valence-corrected chi connectivity index (χ1v) is 7.93. The molecule has 3 heterocycles. The van der Waals surface area contributed by atoms with Crippen LogP contribution in [0.4, 0.5) is 0 Å². The Labute approximate surface area is 125 Å². The molecule has 6 heteroatoms. The van der Waals surface area contributed by atoms with Crippen LogP contribution >= 0.6 is 0 Å². The molecule has 0 aromatic heterocycles. The van der Waals surface area contributed by atoms with Crippen molar-refractivity contribution in [1.29, 1.82) is 0 Å². The summed E-state index contributed by atoms with van der Waals surface area (Å²) in [4.78, 5) is 28.1. The van der Waals surface area contributed by atoms with Crippen LogP contribution in [0.2, 0.25) is 0 Å². The number of rotatable bonds is 5. The molecule has 0 aromatic carbocycles. The summed E-state index contributed by atoms with van der Waals surface area (Å²) in [5.74, 6) is 0.593. The molecule has 2 amide bonds. The minimum absolute atomic E-state index is 0.129. The van der Waals surface area contributed by atoms with Gasteiger partial charge in [-0.05, 0) is 5.92 Å². The number of amides is 2. The van der Waals surface area contributed by atoms with Crippen molar-refractivity contribution >= 4 is 11.8 Å². The summed E-state index contributed by atoms with van der Waals surface area (Å²) in [7, 11) is 0. The van der Waals surface area contributed by atoms with E-state index < -0.39 is 0 Å². The van der Waals surface area contributed by atoms with E-state index in [2.05, 4.69) is 19.2 Å². The number of hydrogen-bond acceptors (Lipinski definition) is 4. The van der Waals surface area contributed by atoms with Gasteiger partial charge in [-0.3, -0.25) is 9.59 Å². The summed E-state index contributed by atoms with van der Waals surface area (Å²) in [5, 5.41) is 3.48. The minimum atomic E-state index is -0.135. The molecule has 3 rings (SSSR count). The van der Waals surface area contributed by atoms with Gasteiger partial charge in [0.1, 0.15) is 0 Å². The van der Waals surface area contributed by atoms with Gasteiger partial charge in [-0.2, -0.15) is 0 Å². The number of nitrogens with one attached hydrogen (secondary N) is 1. The smallest absolute Gasteiger partial charge is 0.228 e. The van der Waals surface area contributed by atoms with Crippen LogP contribution in [0.3, 0.4) is 0 Å². The Bertz CT molecular complexity index is 416. The van der Waals surface area contributed by atoms with Crippen molar-refractivity contribution in [2.45, 2.75) is 32.4 Å². The Morgan fingerprint density at radius 1 is 1.29 bits per heavy atom. The van der Waals surface area contributed by atoms with Crippen LogP contribution in [-0.4, -0.2) is 73.1 Å². The zero-order valence-electron chi connectivity index (χ0n) is 12.9. The Hall–Kier alpha value is -1.14. The first-order chi connectivity index (χ1) is 10.0. The van der Waals surface area contributed by atoms with E-state index >= 15 is 0 Å². The van der Waals surface area contributed by atoms with Crippen molar-refractivity contribution in [2.75, 3.05) is 39.4 Å². The third-order valence-corrected chi connectivity index (χ3v) is 4.45. The average molecular weight is 295 g/mol. The molecule has 6 nitrogen and oxygen atoms in total. The Morgan fingerprint density at radius 2 is 2.00 bits per heavy atom. The van der Waals surface area contributed by atoms with Crippen molar-refractivity contribution in [2.24, 2.45) is 11.8 Å². The highest BCUT2D eigenvalue weighted by atomic mass is 16.5. The van der Waals surface area contributed by atoms with Crippen molar-refractivity contribution in [3.63, 3.8) is 0 Å². The van der Waals surface area contributed by atoms with Gasteiger partial charge in [0.15, 0.2) is 0 Å². The summed E-state index contributed by atoms with van der Waals surface area (Å²) < 4.78 is 5.13. The maximum absolute atomic E-state index is 12.4. The maximum atomic E-state index is 12.4. The molecule has 0 radical (unpaired) electrons. The van der Waals surface area contributed by atoms with Crippen LogP contribution < -0.4 is 5.32 Å². The summed E-state index contributed by atoms with van der Waals surface area (Å²) >= 11 is 0. The van der Waals surface area contributed by atoms with E-state index in [1.807, 2.05) is 9.80 Å². The number of nitrogens with zero attached hydrogens (tertiary/aromatic N) is 2. The third-order valence-electron chi connectivity index (χ3n) is 4.45. The molecule has 0 bridgehead atoms. The first-order valence-electron chi connectivity index (χ1n) is 7.93. The van der Waals surface area contributed by atoms with Crippen LogP contribution in [0.1, 0.15) is 20.3 Å².